The van der Waals surface area contributed by atoms with E-state index in [1.165, 1.54) is 6.33 Å². The van der Waals surface area contributed by atoms with E-state index in [1.54, 1.807) is 6.92 Å². The molecule has 0 aliphatic rings. The van der Waals surface area contributed by atoms with E-state index in [9.17, 15) is 13.2 Å². The van der Waals surface area contributed by atoms with Gasteiger partial charge in [-0.25, -0.2) is 23.1 Å². The summed E-state index contributed by atoms with van der Waals surface area (Å²) in [4.78, 5) is 7.58. The summed E-state index contributed by atoms with van der Waals surface area (Å²) >= 11 is 0. The molecule has 2 aromatic rings. The molecule has 0 unspecified atom stereocenters. The van der Waals surface area contributed by atoms with Gasteiger partial charge in [0.05, 0.1) is 5.69 Å². The number of hydrogen-bond donors (Lipinski definition) is 2. The maximum absolute atomic E-state index is 13.4. The molecule has 7 heteroatoms. The van der Waals surface area contributed by atoms with Crippen LogP contribution < -0.4 is 11.1 Å². The summed E-state index contributed by atoms with van der Waals surface area (Å²) in [5, 5.41) is 2.54. The van der Waals surface area contributed by atoms with Crippen molar-refractivity contribution >= 4 is 17.3 Å². The van der Waals surface area contributed by atoms with Crippen LogP contribution in [0.5, 0.6) is 0 Å². The zero-order valence-corrected chi connectivity index (χ0v) is 9.34. The lowest BCUT2D eigenvalue weighted by Gasteiger charge is -2.10. The molecule has 0 fully saturated rings. The Labute approximate surface area is 101 Å². The van der Waals surface area contributed by atoms with Crippen molar-refractivity contribution in [1.82, 2.24) is 9.97 Å². The Kier molecular flexibility index (Phi) is 3.05. The quantitative estimate of drug-likeness (QED) is 0.808. The van der Waals surface area contributed by atoms with Crippen LogP contribution in [0.1, 0.15) is 5.56 Å². The van der Waals surface area contributed by atoms with Gasteiger partial charge in [0, 0.05) is 17.7 Å². The van der Waals surface area contributed by atoms with Crippen LogP contribution in [0.3, 0.4) is 0 Å². The summed E-state index contributed by atoms with van der Waals surface area (Å²) in [5.41, 5.74) is 5.81. The predicted molar refractivity (Wildman–Crippen MR) is 60.8 cm³/mol. The average molecular weight is 254 g/mol. The second kappa shape index (κ2) is 4.52. The molecule has 0 bridgehead atoms. The normalized spacial score (nSPS) is 10.4. The van der Waals surface area contributed by atoms with Gasteiger partial charge in [0.2, 0.25) is 0 Å². The summed E-state index contributed by atoms with van der Waals surface area (Å²) in [6.07, 6.45) is 1.18. The number of aromatic nitrogens is 2. The third-order valence-electron chi connectivity index (χ3n) is 2.39. The predicted octanol–water partition coefficient (Wildman–Crippen LogP) is 2.53. The van der Waals surface area contributed by atoms with Crippen molar-refractivity contribution < 1.29 is 13.2 Å². The van der Waals surface area contributed by atoms with Crippen molar-refractivity contribution in [3.63, 3.8) is 0 Å². The molecular formula is C11H9F3N4. The first-order valence-corrected chi connectivity index (χ1v) is 4.97. The smallest absolute Gasteiger partial charge is 0.161 e. The first kappa shape index (κ1) is 12.2. The summed E-state index contributed by atoms with van der Waals surface area (Å²) in [6.45, 7) is 1.62. The number of nitrogen functional groups attached to an aromatic ring is 1. The molecule has 0 saturated heterocycles. The monoisotopic (exact) mass is 254 g/mol. The number of benzene rings is 1. The molecule has 4 nitrogen and oxygen atoms in total. The van der Waals surface area contributed by atoms with Gasteiger partial charge >= 0.3 is 0 Å². The first-order valence-electron chi connectivity index (χ1n) is 4.97. The molecule has 1 aromatic heterocycles. The first-order chi connectivity index (χ1) is 8.49. The highest BCUT2D eigenvalue weighted by Gasteiger charge is 2.12. The van der Waals surface area contributed by atoms with Crippen LogP contribution in [-0.4, -0.2) is 9.97 Å². The Bertz CT molecular complexity index is 601. The van der Waals surface area contributed by atoms with E-state index < -0.39 is 17.5 Å². The second-order valence-corrected chi connectivity index (χ2v) is 3.60. The fourth-order valence-electron chi connectivity index (χ4n) is 1.34. The molecule has 0 amide bonds. The lowest BCUT2D eigenvalue weighted by molar-refractivity contribution is 0.496. The van der Waals surface area contributed by atoms with Gasteiger partial charge in [-0.1, -0.05) is 0 Å². The summed E-state index contributed by atoms with van der Waals surface area (Å²) in [5.74, 6) is -2.89. The number of rotatable bonds is 2. The van der Waals surface area contributed by atoms with Crippen LogP contribution in [0, 0.1) is 24.4 Å². The molecular weight excluding hydrogens is 245 g/mol. The molecule has 0 spiro atoms. The molecule has 2 rings (SSSR count). The van der Waals surface area contributed by atoms with Gasteiger partial charge < -0.3 is 11.1 Å². The van der Waals surface area contributed by atoms with E-state index in [0.717, 1.165) is 0 Å². The van der Waals surface area contributed by atoms with Crippen LogP contribution in [0.4, 0.5) is 30.5 Å². The second-order valence-electron chi connectivity index (χ2n) is 3.60. The Hall–Kier alpha value is -2.31. The Balaban J connectivity index is 2.40. The van der Waals surface area contributed by atoms with Crippen molar-refractivity contribution in [3.8, 4) is 0 Å². The molecule has 0 atom stereocenters. The summed E-state index contributed by atoms with van der Waals surface area (Å²) in [7, 11) is 0. The topological polar surface area (TPSA) is 63.8 Å². The van der Waals surface area contributed by atoms with Gasteiger partial charge in [-0.05, 0) is 6.92 Å². The minimum absolute atomic E-state index is 0.218. The van der Waals surface area contributed by atoms with Crippen molar-refractivity contribution in [3.05, 3.63) is 41.5 Å². The van der Waals surface area contributed by atoms with Crippen LogP contribution >= 0.6 is 0 Å². The Morgan fingerprint density at radius 1 is 1.06 bits per heavy atom. The maximum atomic E-state index is 13.4. The lowest BCUT2D eigenvalue weighted by atomic mass is 10.2. The van der Waals surface area contributed by atoms with Crippen molar-refractivity contribution in [2.24, 2.45) is 0 Å². The van der Waals surface area contributed by atoms with Crippen molar-refractivity contribution in [2.75, 3.05) is 11.1 Å². The third kappa shape index (κ3) is 2.20. The lowest BCUT2D eigenvalue weighted by Crippen LogP contribution is -2.04. The van der Waals surface area contributed by atoms with Gasteiger partial charge in [0.25, 0.3) is 0 Å². The number of halogens is 3. The van der Waals surface area contributed by atoms with E-state index in [-0.39, 0.29) is 17.3 Å². The van der Waals surface area contributed by atoms with Gasteiger partial charge in [-0.2, -0.15) is 0 Å². The third-order valence-corrected chi connectivity index (χ3v) is 2.39. The molecule has 1 aromatic carbocycles. The molecule has 3 N–H and O–H groups in total. The minimum atomic E-state index is -1.25. The standard InChI is InChI=1S/C11H9F3N4/c1-5-10(15)16-4-17-11(5)18-9-3-7(13)6(12)2-8(9)14/h2-4H,1H3,(H3,15,16,17,18). The highest BCUT2D eigenvalue weighted by atomic mass is 19.2. The van der Waals surface area contributed by atoms with E-state index in [1.807, 2.05) is 0 Å². The van der Waals surface area contributed by atoms with Crippen LogP contribution in [0.25, 0.3) is 0 Å². The number of nitrogens with two attached hydrogens (primary N) is 1. The molecule has 18 heavy (non-hydrogen) atoms. The molecule has 0 saturated carbocycles. The van der Waals surface area contributed by atoms with E-state index in [2.05, 4.69) is 15.3 Å². The summed E-state index contributed by atoms with van der Waals surface area (Å²) in [6, 6.07) is 1.17. The molecule has 94 valence electrons. The van der Waals surface area contributed by atoms with Crippen LogP contribution in [-0.2, 0) is 0 Å². The maximum Gasteiger partial charge on any atom is 0.161 e. The molecule has 0 radical (unpaired) electrons. The van der Waals surface area contributed by atoms with Crippen molar-refractivity contribution in [1.29, 1.82) is 0 Å². The number of hydrogen-bond acceptors (Lipinski definition) is 4. The highest BCUT2D eigenvalue weighted by Crippen LogP contribution is 2.24. The largest absolute Gasteiger partial charge is 0.383 e. The minimum Gasteiger partial charge on any atom is -0.383 e. The Morgan fingerprint density at radius 2 is 1.72 bits per heavy atom. The fourth-order valence-corrected chi connectivity index (χ4v) is 1.34. The van der Waals surface area contributed by atoms with E-state index in [4.69, 9.17) is 5.73 Å². The van der Waals surface area contributed by atoms with Gasteiger partial charge in [-0.15, -0.1) is 0 Å². The Morgan fingerprint density at radius 3 is 2.44 bits per heavy atom. The number of nitrogens with one attached hydrogen (secondary N) is 1. The zero-order chi connectivity index (χ0) is 13.3. The molecule has 0 aliphatic heterocycles. The van der Waals surface area contributed by atoms with E-state index in [0.29, 0.717) is 17.7 Å². The molecule has 1 heterocycles. The fraction of sp³-hybridized carbons (Fsp3) is 0.0909. The van der Waals surface area contributed by atoms with Gasteiger partial charge in [0.1, 0.15) is 23.8 Å². The molecule has 0 aliphatic carbocycles. The van der Waals surface area contributed by atoms with E-state index >= 15 is 0 Å². The average Bonchev–Trinajstić information content (AvgIpc) is 2.32. The number of nitrogens with zero attached hydrogens (tertiary/aromatic N) is 2. The van der Waals surface area contributed by atoms with Gasteiger partial charge in [-0.3, -0.25) is 0 Å². The van der Waals surface area contributed by atoms with Crippen molar-refractivity contribution in [2.45, 2.75) is 6.92 Å². The van der Waals surface area contributed by atoms with Crippen LogP contribution in [0.15, 0.2) is 18.5 Å². The van der Waals surface area contributed by atoms with Crippen LogP contribution in [0.2, 0.25) is 0 Å². The SMILES string of the molecule is Cc1c(N)ncnc1Nc1cc(F)c(F)cc1F. The number of anilines is 3. The highest BCUT2D eigenvalue weighted by molar-refractivity contribution is 5.63. The zero-order valence-electron chi connectivity index (χ0n) is 9.34. The van der Waals surface area contributed by atoms with Gasteiger partial charge in [0.15, 0.2) is 11.6 Å². The summed E-state index contributed by atoms with van der Waals surface area (Å²) < 4.78 is 39.2.